The van der Waals surface area contributed by atoms with Gasteiger partial charge in [-0.2, -0.15) is 4.98 Å². The van der Waals surface area contributed by atoms with Gasteiger partial charge in [0.1, 0.15) is 0 Å². The zero-order valence-corrected chi connectivity index (χ0v) is 16.0. The first kappa shape index (κ1) is 20.1. The van der Waals surface area contributed by atoms with Crippen LogP contribution in [-0.2, 0) is 6.42 Å². The van der Waals surface area contributed by atoms with Gasteiger partial charge in [0.25, 0.3) is 0 Å². The highest BCUT2D eigenvalue weighted by Crippen LogP contribution is 2.10. The molecule has 0 radical (unpaired) electrons. The van der Waals surface area contributed by atoms with Gasteiger partial charge in [-0.25, -0.2) is 0 Å². The van der Waals surface area contributed by atoms with Gasteiger partial charge in [0.15, 0.2) is 11.8 Å². The number of nitrogens with zero attached hydrogens (tertiary/aromatic N) is 3. The number of rotatable bonds is 7. The molecular weight excluding hydrogens is 381 g/mol. The third-order valence-electron chi connectivity index (χ3n) is 2.76. The van der Waals surface area contributed by atoms with Crippen LogP contribution in [0, 0.1) is 5.92 Å². The fraction of sp³-hybridized carbons (Fsp3) is 0.786. The molecule has 0 unspecified atom stereocenters. The lowest BCUT2D eigenvalue weighted by molar-refractivity contribution is 0.368. The van der Waals surface area contributed by atoms with Crippen molar-refractivity contribution in [3.8, 4) is 0 Å². The van der Waals surface area contributed by atoms with Crippen molar-refractivity contribution < 1.29 is 4.52 Å². The number of halogens is 1. The Hall–Kier alpha value is -0.860. The molecule has 0 amide bonds. The lowest BCUT2D eigenvalue weighted by atomic mass is 10.2. The Labute approximate surface area is 144 Å². The molecule has 21 heavy (non-hydrogen) atoms. The van der Waals surface area contributed by atoms with Crippen molar-refractivity contribution in [2.45, 2.75) is 46.5 Å². The Morgan fingerprint density at radius 1 is 1.24 bits per heavy atom. The average molecular weight is 409 g/mol. The van der Waals surface area contributed by atoms with Crippen LogP contribution in [0.1, 0.15) is 51.7 Å². The van der Waals surface area contributed by atoms with Crippen molar-refractivity contribution in [1.29, 1.82) is 0 Å². The van der Waals surface area contributed by atoms with E-state index in [9.17, 15) is 0 Å². The summed E-state index contributed by atoms with van der Waals surface area (Å²) in [5.41, 5.74) is 0. The zero-order valence-electron chi connectivity index (χ0n) is 13.6. The third kappa shape index (κ3) is 8.23. The van der Waals surface area contributed by atoms with Gasteiger partial charge in [-0.3, -0.25) is 4.99 Å². The Balaban J connectivity index is 0.00000400. The standard InChI is InChI=1S/C14H27N5O.HI/c1-10(2)9-17-14(15-5)16-8-6-7-12-18-13(11(3)4)19-20-12;/h10-11H,6-9H2,1-5H3,(H2,15,16,17);1H. The maximum Gasteiger partial charge on any atom is 0.226 e. The summed E-state index contributed by atoms with van der Waals surface area (Å²) in [5, 5.41) is 10.5. The van der Waals surface area contributed by atoms with Crippen LogP contribution in [-0.4, -0.2) is 36.2 Å². The molecule has 0 aliphatic heterocycles. The Kier molecular flexibility index (Phi) is 10.4. The minimum Gasteiger partial charge on any atom is -0.356 e. The Morgan fingerprint density at radius 2 is 1.95 bits per heavy atom. The van der Waals surface area contributed by atoms with Gasteiger partial charge in [0.2, 0.25) is 5.89 Å². The van der Waals surface area contributed by atoms with Crippen molar-refractivity contribution >= 4 is 29.9 Å². The Morgan fingerprint density at radius 3 is 2.48 bits per heavy atom. The van der Waals surface area contributed by atoms with Crippen LogP contribution in [0.25, 0.3) is 0 Å². The van der Waals surface area contributed by atoms with E-state index in [0.29, 0.717) is 17.7 Å². The van der Waals surface area contributed by atoms with Crippen molar-refractivity contribution in [2.24, 2.45) is 10.9 Å². The molecule has 0 aromatic carbocycles. The van der Waals surface area contributed by atoms with Crippen molar-refractivity contribution in [1.82, 2.24) is 20.8 Å². The first-order valence-electron chi connectivity index (χ1n) is 7.30. The molecule has 0 atom stereocenters. The molecule has 0 bridgehead atoms. The lowest BCUT2D eigenvalue weighted by Gasteiger charge is -2.12. The Bertz CT molecular complexity index is 417. The van der Waals surface area contributed by atoms with E-state index in [0.717, 1.165) is 37.7 Å². The quantitative estimate of drug-likeness (QED) is 0.313. The SMILES string of the molecule is CN=C(NCCCc1nc(C(C)C)no1)NCC(C)C.I. The van der Waals surface area contributed by atoms with E-state index in [4.69, 9.17) is 4.52 Å². The summed E-state index contributed by atoms with van der Waals surface area (Å²) in [6.45, 7) is 10.2. The summed E-state index contributed by atoms with van der Waals surface area (Å²) in [5.74, 6) is 3.24. The van der Waals surface area contributed by atoms with Gasteiger partial charge in [0.05, 0.1) is 0 Å². The molecule has 0 aliphatic carbocycles. The summed E-state index contributed by atoms with van der Waals surface area (Å²) < 4.78 is 5.20. The summed E-state index contributed by atoms with van der Waals surface area (Å²) in [7, 11) is 1.78. The molecule has 0 saturated carbocycles. The highest BCUT2D eigenvalue weighted by atomic mass is 127. The van der Waals surface area contributed by atoms with E-state index in [1.165, 1.54) is 0 Å². The molecular formula is C14H28IN5O. The second-order valence-corrected chi connectivity index (χ2v) is 5.58. The van der Waals surface area contributed by atoms with E-state index >= 15 is 0 Å². The summed E-state index contributed by atoms with van der Waals surface area (Å²) in [4.78, 5) is 8.53. The fourth-order valence-corrected chi connectivity index (χ4v) is 1.57. The van der Waals surface area contributed by atoms with Crippen LogP contribution in [0.4, 0.5) is 0 Å². The van der Waals surface area contributed by atoms with E-state index in [1.54, 1.807) is 7.05 Å². The van der Waals surface area contributed by atoms with Crippen LogP contribution in [0.15, 0.2) is 9.52 Å². The monoisotopic (exact) mass is 409 g/mol. The number of guanidine groups is 1. The number of hydrogen-bond acceptors (Lipinski definition) is 4. The number of aliphatic imine (C=N–C) groups is 1. The summed E-state index contributed by atoms with van der Waals surface area (Å²) in [6.07, 6.45) is 1.72. The minimum atomic E-state index is 0. The van der Waals surface area contributed by atoms with E-state index < -0.39 is 0 Å². The summed E-state index contributed by atoms with van der Waals surface area (Å²) in [6, 6.07) is 0. The molecule has 1 rings (SSSR count). The molecule has 1 heterocycles. The normalized spacial score (nSPS) is 11.7. The van der Waals surface area contributed by atoms with Crippen LogP contribution in [0.5, 0.6) is 0 Å². The van der Waals surface area contributed by atoms with Gasteiger partial charge in [-0.15, -0.1) is 24.0 Å². The third-order valence-corrected chi connectivity index (χ3v) is 2.76. The van der Waals surface area contributed by atoms with E-state index in [2.05, 4.69) is 53.5 Å². The van der Waals surface area contributed by atoms with Crippen molar-refractivity contribution in [3.63, 3.8) is 0 Å². The first-order valence-corrected chi connectivity index (χ1v) is 7.30. The highest BCUT2D eigenvalue weighted by molar-refractivity contribution is 14.0. The molecule has 0 saturated heterocycles. The van der Waals surface area contributed by atoms with Gasteiger partial charge in [0, 0.05) is 32.5 Å². The molecule has 1 aromatic rings. The molecule has 0 fully saturated rings. The topological polar surface area (TPSA) is 75.3 Å². The highest BCUT2D eigenvalue weighted by Gasteiger charge is 2.09. The second kappa shape index (κ2) is 10.8. The molecule has 1 aromatic heterocycles. The maximum atomic E-state index is 5.20. The maximum absolute atomic E-state index is 5.20. The fourth-order valence-electron chi connectivity index (χ4n) is 1.57. The second-order valence-electron chi connectivity index (χ2n) is 5.58. The predicted molar refractivity (Wildman–Crippen MR) is 96.3 cm³/mol. The molecule has 0 aliphatic rings. The smallest absolute Gasteiger partial charge is 0.226 e. The van der Waals surface area contributed by atoms with Crippen molar-refractivity contribution in [3.05, 3.63) is 11.7 Å². The predicted octanol–water partition coefficient (Wildman–Crippen LogP) is 2.56. The molecule has 122 valence electrons. The minimum absolute atomic E-state index is 0. The average Bonchev–Trinajstić information content (AvgIpc) is 2.86. The largest absolute Gasteiger partial charge is 0.356 e. The zero-order chi connectivity index (χ0) is 15.0. The lowest BCUT2D eigenvalue weighted by Crippen LogP contribution is -2.39. The van der Waals surface area contributed by atoms with Gasteiger partial charge in [-0.05, 0) is 12.3 Å². The number of hydrogen-bond donors (Lipinski definition) is 2. The van der Waals surface area contributed by atoms with Crippen LogP contribution >= 0.6 is 24.0 Å². The molecule has 7 heteroatoms. The van der Waals surface area contributed by atoms with Crippen LogP contribution < -0.4 is 10.6 Å². The van der Waals surface area contributed by atoms with Crippen LogP contribution in [0.3, 0.4) is 0 Å². The number of aromatic nitrogens is 2. The number of aryl methyl sites for hydroxylation is 1. The van der Waals surface area contributed by atoms with Crippen molar-refractivity contribution in [2.75, 3.05) is 20.1 Å². The van der Waals surface area contributed by atoms with E-state index in [1.807, 2.05) is 0 Å². The molecule has 2 N–H and O–H groups in total. The van der Waals surface area contributed by atoms with Gasteiger partial charge < -0.3 is 15.2 Å². The van der Waals surface area contributed by atoms with Gasteiger partial charge in [-0.1, -0.05) is 32.9 Å². The summed E-state index contributed by atoms with van der Waals surface area (Å²) >= 11 is 0. The first-order chi connectivity index (χ1) is 9.52. The van der Waals surface area contributed by atoms with Gasteiger partial charge >= 0.3 is 0 Å². The van der Waals surface area contributed by atoms with E-state index in [-0.39, 0.29) is 24.0 Å². The molecule has 6 nitrogen and oxygen atoms in total. The van der Waals surface area contributed by atoms with Crippen LogP contribution in [0.2, 0.25) is 0 Å². The molecule has 0 spiro atoms. The number of nitrogens with one attached hydrogen (secondary N) is 2.